The van der Waals surface area contributed by atoms with Crippen molar-refractivity contribution in [3.63, 3.8) is 0 Å². The third-order valence-corrected chi connectivity index (χ3v) is 6.37. The highest BCUT2D eigenvalue weighted by Crippen LogP contribution is 2.38. The number of nitrogens with one attached hydrogen (secondary N) is 1. The summed E-state index contributed by atoms with van der Waals surface area (Å²) in [5.74, 6) is -1.79. The largest absolute Gasteiger partial charge is 0.492 e. The first-order valence-electron chi connectivity index (χ1n) is 12.6. The fraction of sp³-hybridized carbons (Fsp3) is 0.143. The van der Waals surface area contributed by atoms with Crippen molar-refractivity contribution in [2.45, 2.75) is 19.3 Å². The van der Waals surface area contributed by atoms with Crippen molar-refractivity contribution in [3.8, 4) is 28.4 Å². The van der Waals surface area contributed by atoms with Gasteiger partial charge in [-0.2, -0.15) is 18.3 Å². The minimum Gasteiger partial charge on any atom is -0.492 e. The van der Waals surface area contributed by atoms with E-state index in [-0.39, 0.29) is 41.5 Å². The first kappa shape index (κ1) is 26.9. The summed E-state index contributed by atoms with van der Waals surface area (Å²) in [6.07, 6.45) is 3.33. The predicted octanol–water partition coefficient (Wildman–Crippen LogP) is 4.99. The molecular formula is C28H20F5N8O+. The molecule has 212 valence electrons. The van der Waals surface area contributed by atoms with Crippen LogP contribution in [0.1, 0.15) is 11.3 Å². The van der Waals surface area contributed by atoms with Crippen molar-refractivity contribution >= 4 is 11.0 Å². The molecule has 0 bridgehead atoms. The van der Waals surface area contributed by atoms with Gasteiger partial charge in [0.2, 0.25) is 12.7 Å². The molecule has 6 aromatic rings. The van der Waals surface area contributed by atoms with Crippen molar-refractivity contribution in [3.05, 3.63) is 103 Å². The van der Waals surface area contributed by atoms with E-state index in [1.165, 1.54) is 41.2 Å². The number of ether oxygens (including phenoxy) is 1. The van der Waals surface area contributed by atoms with Gasteiger partial charge < -0.3 is 14.3 Å². The highest BCUT2D eigenvalue weighted by atomic mass is 19.4. The highest BCUT2D eigenvalue weighted by Gasteiger charge is 2.34. The van der Waals surface area contributed by atoms with Crippen molar-refractivity contribution in [2.75, 3.05) is 6.61 Å². The van der Waals surface area contributed by atoms with Gasteiger partial charge in [-0.15, -0.1) is 5.10 Å². The number of hydrogen-bond acceptors (Lipinski definition) is 6. The third kappa shape index (κ3) is 5.64. The molecule has 4 aromatic heterocycles. The summed E-state index contributed by atoms with van der Waals surface area (Å²) >= 11 is 0. The lowest BCUT2D eigenvalue weighted by atomic mass is 10.0. The number of halogens is 5. The van der Waals surface area contributed by atoms with Gasteiger partial charge in [-0.25, -0.2) is 18.7 Å². The molecule has 14 heteroatoms. The number of aromatic nitrogens is 8. The van der Waals surface area contributed by atoms with Crippen LogP contribution < -0.4 is 9.42 Å². The van der Waals surface area contributed by atoms with Crippen molar-refractivity contribution in [1.29, 1.82) is 0 Å². The van der Waals surface area contributed by atoms with Gasteiger partial charge >= 0.3 is 6.18 Å². The number of aromatic amines is 1. The topological polar surface area (TPSA) is 98.3 Å². The molecule has 6 rings (SSSR count). The van der Waals surface area contributed by atoms with Crippen LogP contribution in [-0.2, 0) is 19.3 Å². The molecule has 1 N–H and O–H groups in total. The van der Waals surface area contributed by atoms with E-state index >= 15 is 0 Å². The van der Waals surface area contributed by atoms with Crippen molar-refractivity contribution in [1.82, 2.24) is 34.8 Å². The maximum Gasteiger partial charge on any atom is 0.417 e. The predicted molar refractivity (Wildman–Crippen MR) is 139 cm³/mol. The van der Waals surface area contributed by atoms with E-state index in [9.17, 15) is 22.0 Å². The molecule has 0 amide bonds. The second-order valence-corrected chi connectivity index (χ2v) is 9.22. The van der Waals surface area contributed by atoms with E-state index in [0.29, 0.717) is 23.3 Å². The molecule has 0 spiro atoms. The first-order valence-corrected chi connectivity index (χ1v) is 12.6. The minimum atomic E-state index is -4.65. The van der Waals surface area contributed by atoms with E-state index in [0.717, 1.165) is 12.1 Å². The normalized spacial score (nSPS) is 11.7. The Morgan fingerprint density at radius 2 is 1.88 bits per heavy atom. The van der Waals surface area contributed by atoms with E-state index < -0.39 is 23.4 Å². The summed E-state index contributed by atoms with van der Waals surface area (Å²) in [5, 5.41) is 12.4. The number of nitrogens with zero attached hydrogens (tertiary/aromatic N) is 7. The number of hydrogen-bond donors (Lipinski definition) is 1. The van der Waals surface area contributed by atoms with Crippen LogP contribution >= 0.6 is 0 Å². The lowest BCUT2D eigenvalue weighted by Gasteiger charge is -2.15. The Morgan fingerprint density at radius 3 is 2.64 bits per heavy atom. The SMILES string of the molecule is Fc1cccc(-c2nc3cn[n+](Cc4ccc(-c5ccc(OCCn6ccnc6)cc5C(F)(F)F)nn4)cc3[nH]2)c1F. The van der Waals surface area contributed by atoms with Crippen LogP contribution in [0.3, 0.4) is 0 Å². The number of fused-ring (bicyclic) bond motifs is 1. The summed E-state index contributed by atoms with van der Waals surface area (Å²) in [6.45, 7) is 0.741. The van der Waals surface area contributed by atoms with Crippen LogP contribution in [0.4, 0.5) is 22.0 Å². The third-order valence-electron chi connectivity index (χ3n) is 6.37. The van der Waals surface area contributed by atoms with Crippen LogP contribution in [0, 0.1) is 11.6 Å². The van der Waals surface area contributed by atoms with Gasteiger partial charge in [0, 0.05) is 18.0 Å². The Morgan fingerprint density at radius 1 is 1.00 bits per heavy atom. The van der Waals surface area contributed by atoms with Crippen LogP contribution in [0.15, 0.2) is 79.6 Å². The van der Waals surface area contributed by atoms with Gasteiger partial charge in [0.05, 0.1) is 29.7 Å². The Labute approximate surface area is 234 Å². The van der Waals surface area contributed by atoms with E-state index in [4.69, 9.17) is 4.74 Å². The number of H-pyrrole nitrogens is 1. The van der Waals surface area contributed by atoms with Crippen LogP contribution in [0.5, 0.6) is 5.75 Å². The van der Waals surface area contributed by atoms with Crippen LogP contribution in [0.2, 0.25) is 0 Å². The van der Waals surface area contributed by atoms with Crippen molar-refractivity contribution < 1.29 is 31.4 Å². The molecule has 0 aliphatic rings. The molecule has 0 aliphatic heterocycles. The lowest BCUT2D eigenvalue weighted by Crippen LogP contribution is -2.38. The molecule has 42 heavy (non-hydrogen) atoms. The number of imidazole rings is 2. The van der Waals surface area contributed by atoms with E-state index in [1.807, 2.05) is 0 Å². The van der Waals surface area contributed by atoms with Crippen LogP contribution in [-0.4, -0.2) is 41.4 Å². The Kier molecular flexibility index (Phi) is 7.02. The fourth-order valence-electron chi connectivity index (χ4n) is 4.32. The monoisotopic (exact) mass is 579 g/mol. The molecule has 2 aromatic carbocycles. The van der Waals surface area contributed by atoms with Gasteiger partial charge in [0.15, 0.2) is 11.6 Å². The van der Waals surface area contributed by atoms with E-state index in [2.05, 4.69) is 30.2 Å². The molecule has 0 fully saturated rings. The molecule has 0 unspecified atom stereocenters. The standard InChI is InChI=1S/C28H19F5N8O/c29-22-3-1-2-20(26(22)30)27-36-24-13-35-41(15-25(24)37-27)14-17-4-7-23(39-38-17)19-6-5-18(12-21(19)28(31,32)33)42-11-10-40-9-8-34-16-40/h1-9,12-13,15-16H,10-11,14H2/p+1. The molecular weight excluding hydrogens is 559 g/mol. The molecule has 0 saturated carbocycles. The summed E-state index contributed by atoms with van der Waals surface area (Å²) in [4.78, 5) is 11.1. The summed E-state index contributed by atoms with van der Waals surface area (Å²) < 4.78 is 78.4. The zero-order valence-electron chi connectivity index (χ0n) is 21.6. The Hall–Kier alpha value is -5.27. The smallest absolute Gasteiger partial charge is 0.417 e. The van der Waals surface area contributed by atoms with Gasteiger partial charge in [0.25, 0.3) is 0 Å². The first-order chi connectivity index (χ1) is 20.2. The highest BCUT2D eigenvalue weighted by molar-refractivity contribution is 5.77. The van der Waals surface area contributed by atoms with Crippen molar-refractivity contribution in [2.24, 2.45) is 0 Å². The molecule has 0 saturated heterocycles. The van der Waals surface area contributed by atoms with Gasteiger partial charge in [0.1, 0.15) is 41.1 Å². The van der Waals surface area contributed by atoms with E-state index in [1.54, 1.807) is 35.6 Å². The van der Waals surface area contributed by atoms with Gasteiger partial charge in [-0.3, -0.25) is 0 Å². The maximum absolute atomic E-state index is 14.2. The molecule has 0 aliphatic carbocycles. The van der Waals surface area contributed by atoms with Gasteiger partial charge in [-0.1, -0.05) is 10.7 Å². The number of benzene rings is 2. The molecule has 9 nitrogen and oxygen atoms in total. The molecule has 4 heterocycles. The average Bonchev–Trinajstić information content (AvgIpc) is 3.64. The second kappa shape index (κ2) is 11.0. The fourth-order valence-corrected chi connectivity index (χ4v) is 4.32. The summed E-state index contributed by atoms with van der Waals surface area (Å²) in [7, 11) is 0. The Balaban J connectivity index is 1.19. The lowest BCUT2D eigenvalue weighted by molar-refractivity contribution is -0.745. The number of rotatable bonds is 8. The van der Waals surface area contributed by atoms with Gasteiger partial charge in [-0.05, 0) is 47.6 Å². The maximum atomic E-state index is 14.2. The summed E-state index contributed by atoms with van der Waals surface area (Å²) in [6, 6.07) is 10.5. The summed E-state index contributed by atoms with van der Waals surface area (Å²) in [5.41, 5.74) is 0.364. The second-order valence-electron chi connectivity index (χ2n) is 9.22. The number of alkyl halides is 3. The zero-order chi connectivity index (χ0) is 29.3. The average molecular weight is 580 g/mol. The molecule has 0 radical (unpaired) electrons. The molecule has 0 atom stereocenters. The zero-order valence-corrected chi connectivity index (χ0v) is 21.6. The quantitative estimate of drug-likeness (QED) is 0.202. The Bertz CT molecular complexity index is 1850. The minimum absolute atomic E-state index is 0.0218. The van der Waals surface area contributed by atoms with Crippen LogP contribution in [0.25, 0.3) is 33.7 Å².